The number of nitrogens with one attached hydrogen (secondary N) is 5. The van der Waals surface area contributed by atoms with E-state index in [-0.39, 0.29) is 12.8 Å². The number of hydrogen-bond donors (Lipinski definition) is 12. The monoisotopic (exact) mass is 718 g/mol. The first-order valence-corrected chi connectivity index (χ1v) is 16.5. The number of unbranched alkanes of at least 4 members (excludes halogenated alkanes) is 2. The number of aliphatic hydroxyl groups excluding tert-OH is 1. The zero-order valence-corrected chi connectivity index (χ0v) is 28.5. The van der Waals surface area contributed by atoms with E-state index in [1.54, 1.807) is 0 Å². The highest BCUT2D eigenvalue weighted by atomic mass is 16.4. The SMILES string of the molecule is CC[C@H](NC(=O)[C@H](CCC(=O)O)NC(=O)[C@@H](NC(=O)[C@H](CCC(=O)O)NC(=O)[C@H](CCCCN)NC(=O)[C@@H](N)CCCCN)[C@@H](C)O)C(=O)O. The molecule has 0 saturated carbocycles. The van der Waals surface area contributed by atoms with Crippen LogP contribution < -0.4 is 43.8 Å². The Morgan fingerprint density at radius 2 is 0.960 bits per heavy atom. The zero-order valence-electron chi connectivity index (χ0n) is 28.5. The fourth-order valence-corrected chi connectivity index (χ4v) is 4.56. The molecule has 0 unspecified atom stereocenters. The van der Waals surface area contributed by atoms with Gasteiger partial charge in [0.2, 0.25) is 29.5 Å². The third kappa shape index (κ3) is 18.4. The first kappa shape index (κ1) is 45.6. The van der Waals surface area contributed by atoms with Crippen molar-refractivity contribution in [3.05, 3.63) is 0 Å². The lowest BCUT2D eigenvalue weighted by Crippen LogP contribution is -2.61. The molecule has 7 atom stereocenters. The molecule has 0 spiro atoms. The number of carbonyl (C=O) groups is 8. The Bertz CT molecular complexity index is 1160. The number of carboxylic acid groups (broad SMARTS) is 3. The number of amides is 5. The van der Waals surface area contributed by atoms with Gasteiger partial charge in [-0.2, -0.15) is 0 Å². The van der Waals surface area contributed by atoms with Crippen LogP contribution in [0.2, 0.25) is 0 Å². The fraction of sp³-hybridized carbons (Fsp3) is 0.733. The summed E-state index contributed by atoms with van der Waals surface area (Å²) in [6.45, 7) is 3.28. The standard InChI is InChI=1S/C30H54N8O12/c1-3-18(30(49)50)34-27(46)20(10-12-22(40)41)37-29(48)24(16(2)39)38-28(47)21(11-13-23(42)43)36-26(45)19(9-5-7-15-32)35-25(44)17(33)8-4-6-14-31/h16-21,24,39H,3-15,31-33H2,1-2H3,(H,34,46)(H,35,44)(H,36,45)(H,37,48)(H,38,47)(H,40,41)(H,42,43)(H,49,50)/t16-,17+,18+,19+,20+,21+,24+/m1/s1. The minimum absolute atomic E-state index is 0.0321. The van der Waals surface area contributed by atoms with Gasteiger partial charge in [0.1, 0.15) is 30.2 Å². The summed E-state index contributed by atoms with van der Waals surface area (Å²) >= 11 is 0. The van der Waals surface area contributed by atoms with Crippen LogP contribution in [0, 0.1) is 0 Å². The lowest BCUT2D eigenvalue weighted by molar-refractivity contribution is -0.143. The average molecular weight is 719 g/mol. The molecule has 20 nitrogen and oxygen atoms in total. The van der Waals surface area contributed by atoms with Crippen LogP contribution in [0.25, 0.3) is 0 Å². The van der Waals surface area contributed by atoms with Crippen molar-refractivity contribution in [3.63, 3.8) is 0 Å². The van der Waals surface area contributed by atoms with Crippen LogP contribution in [0.15, 0.2) is 0 Å². The molecule has 5 amide bonds. The van der Waals surface area contributed by atoms with Crippen LogP contribution in [0.1, 0.15) is 84.5 Å². The summed E-state index contributed by atoms with van der Waals surface area (Å²) in [4.78, 5) is 99.5. The molecule has 15 N–H and O–H groups in total. The molecule has 20 heteroatoms. The van der Waals surface area contributed by atoms with Crippen LogP contribution >= 0.6 is 0 Å². The molecule has 0 aromatic rings. The average Bonchev–Trinajstić information content (AvgIpc) is 3.04. The smallest absolute Gasteiger partial charge is 0.326 e. The third-order valence-corrected chi connectivity index (χ3v) is 7.53. The number of rotatable bonds is 27. The van der Waals surface area contributed by atoms with E-state index in [1.807, 2.05) is 0 Å². The number of aliphatic carboxylic acids is 3. The number of carboxylic acids is 3. The van der Waals surface area contributed by atoms with Gasteiger partial charge in [0.05, 0.1) is 12.1 Å². The van der Waals surface area contributed by atoms with E-state index in [0.717, 1.165) is 6.92 Å². The lowest BCUT2D eigenvalue weighted by Gasteiger charge is -2.28. The molecule has 0 radical (unpaired) electrons. The molecule has 0 aliphatic carbocycles. The van der Waals surface area contributed by atoms with Gasteiger partial charge >= 0.3 is 17.9 Å². The Labute approximate surface area is 290 Å². The van der Waals surface area contributed by atoms with E-state index < -0.39 is 115 Å². The van der Waals surface area contributed by atoms with Gasteiger partial charge < -0.3 is 64.2 Å². The van der Waals surface area contributed by atoms with E-state index in [4.69, 9.17) is 22.3 Å². The molecule has 0 bridgehead atoms. The van der Waals surface area contributed by atoms with Crippen molar-refractivity contribution in [2.45, 2.75) is 127 Å². The molecule has 286 valence electrons. The van der Waals surface area contributed by atoms with Gasteiger partial charge in [-0.3, -0.25) is 33.6 Å². The van der Waals surface area contributed by atoms with Crippen molar-refractivity contribution in [2.75, 3.05) is 13.1 Å². The summed E-state index contributed by atoms with van der Waals surface area (Å²) in [7, 11) is 0. The second-order valence-corrected chi connectivity index (χ2v) is 11.8. The molecular weight excluding hydrogens is 664 g/mol. The molecule has 0 saturated heterocycles. The van der Waals surface area contributed by atoms with Gasteiger partial charge in [-0.05, 0) is 71.4 Å². The van der Waals surface area contributed by atoms with E-state index in [1.165, 1.54) is 6.92 Å². The predicted molar refractivity (Wildman–Crippen MR) is 177 cm³/mol. The number of nitrogens with two attached hydrogens (primary N) is 3. The number of aliphatic hydroxyl groups is 1. The molecule has 0 aliphatic rings. The largest absolute Gasteiger partial charge is 0.481 e. The van der Waals surface area contributed by atoms with Gasteiger partial charge in [-0.1, -0.05) is 13.3 Å². The maximum atomic E-state index is 13.4. The van der Waals surface area contributed by atoms with E-state index in [9.17, 15) is 53.7 Å². The van der Waals surface area contributed by atoms with Gasteiger partial charge in [-0.15, -0.1) is 0 Å². The first-order valence-electron chi connectivity index (χ1n) is 16.5. The van der Waals surface area contributed by atoms with E-state index >= 15 is 0 Å². The van der Waals surface area contributed by atoms with Crippen LogP contribution in [0.4, 0.5) is 0 Å². The Morgan fingerprint density at radius 1 is 0.560 bits per heavy atom. The van der Waals surface area contributed by atoms with Gasteiger partial charge in [-0.25, -0.2) is 4.79 Å². The molecule has 50 heavy (non-hydrogen) atoms. The van der Waals surface area contributed by atoms with Crippen molar-refractivity contribution >= 4 is 47.4 Å². The zero-order chi connectivity index (χ0) is 38.4. The second-order valence-electron chi connectivity index (χ2n) is 11.8. The summed E-state index contributed by atoms with van der Waals surface area (Å²) < 4.78 is 0. The Morgan fingerprint density at radius 3 is 1.38 bits per heavy atom. The van der Waals surface area contributed by atoms with Gasteiger partial charge in [0.25, 0.3) is 0 Å². The quantitative estimate of drug-likeness (QED) is 0.0368. The molecule has 0 heterocycles. The minimum atomic E-state index is -1.81. The lowest BCUT2D eigenvalue weighted by atomic mass is 10.0. The van der Waals surface area contributed by atoms with Crippen molar-refractivity contribution < 1.29 is 58.8 Å². The summed E-state index contributed by atoms with van der Waals surface area (Å²) in [5, 5.41) is 49.6. The van der Waals surface area contributed by atoms with Gasteiger partial charge in [0, 0.05) is 12.8 Å². The molecular formula is C30H54N8O12. The summed E-state index contributed by atoms with van der Waals surface area (Å²) in [5.74, 6) is -8.82. The van der Waals surface area contributed by atoms with Crippen LogP contribution in [-0.4, -0.2) is 123 Å². The second kappa shape index (κ2) is 24.7. The maximum absolute atomic E-state index is 13.4. The van der Waals surface area contributed by atoms with Crippen LogP contribution in [0.5, 0.6) is 0 Å². The minimum Gasteiger partial charge on any atom is -0.481 e. The summed E-state index contributed by atoms with van der Waals surface area (Å²) in [6.07, 6.45) is -1.36. The third-order valence-electron chi connectivity index (χ3n) is 7.53. The molecule has 0 fully saturated rings. The van der Waals surface area contributed by atoms with Crippen molar-refractivity contribution in [1.82, 2.24) is 26.6 Å². The first-order chi connectivity index (χ1) is 23.5. The van der Waals surface area contributed by atoms with E-state index in [2.05, 4.69) is 26.6 Å². The molecule has 0 aromatic heterocycles. The molecule has 0 aliphatic heterocycles. The predicted octanol–water partition coefficient (Wildman–Crippen LogP) is -3.40. The van der Waals surface area contributed by atoms with Crippen LogP contribution in [-0.2, 0) is 38.4 Å². The maximum Gasteiger partial charge on any atom is 0.326 e. The number of hydrogen-bond acceptors (Lipinski definition) is 12. The van der Waals surface area contributed by atoms with Crippen molar-refractivity contribution in [2.24, 2.45) is 17.2 Å². The highest BCUT2D eigenvalue weighted by molar-refractivity contribution is 5.96. The van der Waals surface area contributed by atoms with E-state index in [0.29, 0.717) is 45.2 Å². The van der Waals surface area contributed by atoms with Crippen molar-refractivity contribution in [3.8, 4) is 0 Å². The fourth-order valence-electron chi connectivity index (χ4n) is 4.56. The molecule has 0 aromatic carbocycles. The normalized spacial score (nSPS) is 15.2. The van der Waals surface area contributed by atoms with Crippen LogP contribution in [0.3, 0.4) is 0 Å². The van der Waals surface area contributed by atoms with Gasteiger partial charge in [0.15, 0.2) is 0 Å². The highest BCUT2D eigenvalue weighted by Crippen LogP contribution is 2.08. The Kier molecular flexibility index (Phi) is 22.5. The summed E-state index contributed by atoms with van der Waals surface area (Å²) in [5.41, 5.74) is 17.0. The van der Waals surface area contributed by atoms with Crippen molar-refractivity contribution in [1.29, 1.82) is 0 Å². The Hall–Kier alpha value is -4.40. The summed E-state index contributed by atoms with van der Waals surface area (Å²) in [6, 6.07) is -8.50. The topological polar surface area (TPSA) is 356 Å². The molecule has 0 rings (SSSR count). The number of carbonyl (C=O) groups excluding carboxylic acids is 5. The highest BCUT2D eigenvalue weighted by Gasteiger charge is 2.34. The Balaban J connectivity index is 6.09.